The van der Waals surface area contributed by atoms with E-state index in [-0.39, 0.29) is 30.6 Å². The number of hydrogen-bond donors (Lipinski definition) is 4. The number of aromatic hydroxyl groups is 1. The molecule has 5 atom stereocenters. The molecule has 3 aliphatic rings. The maximum absolute atomic E-state index is 14.3. The summed E-state index contributed by atoms with van der Waals surface area (Å²) in [4.78, 5) is 42.5. The lowest BCUT2D eigenvalue weighted by Crippen LogP contribution is -2.57. The first-order valence-corrected chi connectivity index (χ1v) is 14.8. The Kier molecular flexibility index (Phi) is 7.72. The summed E-state index contributed by atoms with van der Waals surface area (Å²) in [5.74, 6) is -3.97. The van der Waals surface area contributed by atoms with Gasteiger partial charge in [0.2, 0.25) is 30.0 Å². The van der Waals surface area contributed by atoms with Crippen molar-refractivity contribution in [1.82, 2.24) is 40.6 Å². The normalized spacial score (nSPS) is 26.9. The van der Waals surface area contributed by atoms with Crippen LogP contribution in [-0.4, -0.2) is 93.9 Å². The number of allylic oxidation sites excluding steroid dienone is 1. The van der Waals surface area contributed by atoms with Gasteiger partial charge >= 0.3 is 12.0 Å². The topological polar surface area (TPSA) is 201 Å². The van der Waals surface area contributed by atoms with E-state index in [1.54, 1.807) is 39.0 Å². The molecule has 4 heterocycles. The number of benzene rings is 1. The molecule has 0 unspecified atom stereocenters. The van der Waals surface area contributed by atoms with Crippen LogP contribution in [0.5, 0.6) is 5.75 Å². The highest BCUT2D eigenvalue weighted by atomic mass is 19.3. The van der Waals surface area contributed by atoms with Gasteiger partial charge in [0, 0.05) is 30.5 Å². The molecule has 8 bridgehead atoms. The third-order valence-electron chi connectivity index (χ3n) is 8.62. The van der Waals surface area contributed by atoms with Gasteiger partial charge in [-0.2, -0.15) is 4.80 Å². The zero-order valence-corrected chi connectivity index (χ0v) is 25.2. The van der Waals surface area contributed by atoms with E-state index in [1.165, 1.54) is 15.8 Å². The summed E-state index contributed by atoms with van der Waals surface area (Å²) in [6.45, 7) is 5.33. The number of fused-ring (bicyclic) bond motifs is 10. The monoisotopic (exact) mass is 641 g/mol. The first kappa shape index (κ1) is 31.0. The summed E-state index contributed by atoms with van der Waals surface area (Å²) >= 11 is 0. The number of alkyl halides is 2. The van der Waals surface area contributed by atoms with E-state index < -0.39 is 65.6 Å². The minimum Gasteiger partial charge on any atom is -0.507 e. The van der Waals surface area contributed by atoms with E-state index in [0.29, 0.717) is 29.9 Å². The van der Waals surface area contributed by atoms with Crippen LogP contribution in [0.4, 0.5) is 14.8 Å². The molecule has 4 N–H and O–H groups in total. The van der Waals surface area contributed by atoms with Crippen LogP contribution in [0.25, 0.3) is 17.5 Å². The van der Waals surface area contributed by atoms with Gasteiger partial charge < -0.3 is 30.2 Å². The van der Waals surface area contributed by atoms with Crippen LogP contribution < -0.4 is 10.6 Å². The molecule has 244 valence electrons. The first-order valence-electron chi connectivity index (χ1n) is 14.8. The van der Waals surface area contributed by atoms with Gasteiger partial charge in [0.25, 0.3) is 0 Å². The summed E-state index contributed by atoms with van der Waals surface area (Å²) in [6, 6.07) is 1.87. The SMILES string of the molecule is CC(C)(C)[C@@H]1Nc2nnc(o2)CC/C=C/c2cc(ccc2O)-c2nnn(n2)[C@@H]2C[C@@H](C(=O)N[C@]3(C(=O)O)C[C@H]3C(F)F)N(C2)C1=O. The number of halogens is 2. The van der Waals surface area contributed by atoms with Crippen LogP contribution in [0.1, 0.15) is 57.5 Å². The maximum atomic E-state index is 14.3. The Morgan fingerprint density at radius 2 is 2.00 bits per heavy atom. The zero-order chi connectivity index (χ0) is 33.0. The van der Waals surface area contributed by atoms with E-state index >= 15 is 0 Å². The van der Waals surface area contributed by atoms with Crippen LogP contribution in [0.15, 0.2) is 28.7 Å². The second kappa shape index (κ2) is 11.4. The van der Waals surface area contributed by atoms with Crippen molar-refractivity contribution in [3.05, 3.63) is 35.7 Å². The molecule has 1 aliphatic carbocycles. The number of phenolic OH excluding ortho intramolecular Hbond substituents is 1. The van der Waals surface area contributed by atoms with Crippen molar-refractivity contribution in [2.24, 2.45) is 11.3 Å². The molecule has 46 heavy (non-hydrogen) atoms. The molecule has 17 heteroatoms. The van der Waals surface area contributed by atoms with Gasteiger partial charge in [-0.15, -0.1) is 15.3 Å². The smallest absolute Gasteiger partial charge is 0.329 e. The number of carboxylic acid groups (broad SMARTS) is 1. The van der Waals surface area contributed by atoms with Gasteiger partial charge in [-0.25, -0.2) is 13.6 Å². The fourth-order valence-electron chi connectivity index (χ4n) is 5.90. The van der Waals surface area contributed by atoms with Gasteiger partial charge in [-0.1, -0.05) is 38.0 Å². The molecule has 0 radical (unpaired) electrons. The van der Waals surface area contributed by atoms with Gasteiger partial charge in [0.05, 0.1) is 12.0 Å². The summed E-state index contributed by atoms with van der Waals surface area (Å²) in [5, 5.41) is 46.4. The number of nitrogens with zero attached hydrogens (tertiary/aromatic N) is 7. The summed E-state index contributed by atoms with van der Waals surface area (Å²) < 4.78 is 32.8. The number of carbonyl (C=O) groups is 3. The second-order valence-corrected chi connectivity index (χ2v) is 12.9. The van der Waals surface area contributed by atoms with E-state index in [2.05, 4.69) is 36.2 Å². The Hall–Kier alpha value is -4.96. The molecule has 6 rings (SSSR count). The maximum Gasteiger partial charge on any atom is 0.329 e. The number of carbonyl (C=O) groups excluding carboxylic acids is 2. The minimum atomic E-state index is -2.95. The number of aryl methyl sites for hydroxylation is 1. The molecule has 3 aromatic rings. The number of nitrogens with one attached hydrogen (secondary N) is 2. The molecule has 2 aliphatic heterocycles. The molecular formula is C29H33F2N9O6. The number of anilines is 1. The average molecular weight is 642 g/mol. The number of amides is 2. The van der Waals surface area contributed by atoms with Crippen molar-refractivity contribution in [2.45, 2.75) is 76.5 Å². The molecule has 1 saturated carbocycles. The van der Waals surface area contributed by atoms with Gasteiger partial charge in [-0.3, -0.25) is 9.59 Å². The number of aliphatic carboxylic acids is 1. The van der Waals surface area contributed by atoms with E-state index in [9.17, 15) is 33.4 Å². The number of carboxylic acids is 1. The number of tetrazole rings is 1. The summed E-state index contributed by atoms with van der Waals surface area (Å²) in [7, 11) is 0. The van der Waals surface area contributed by atoms with Crippen LogP contribution in [0.2, 0.25) is 0 Å². The molecule has 2 fully saturated rings. The van der Waals surface area contributed by atoms with E-state index in [0.717, 1.165) is 0 Å². The Balaban J connectivity index is 1.39. The lowest BCUT2D eigenvalue weighted by atomic mass is 9.85. The van der Waals surface area contributed by atoms with Crippen LogP contribution >= 0.6 is 0 Å². The molecule has 0 spiro atoms. The van der Waals surface area contributed by atoms with Crippen molar-refractivity contribution in [2.75, 3.05) is 11.9 Å². The number of rotatable bonds is 4. The quantitative estimate of drug-likeness (QED) is 0.324. The van der Waals surface area contributed by atoms with Crippen molar-refractivity contribution in [1.29, 1.82) is 0 Å². The average Bonchev–Trinajstić information content (AvgIpc) is 3.38. The lowest BCUT2D eigenvalue weighted by molar-refractivity contribution is -0.146. The number of aromatic nitrogens is 6. The number of phenols is 1. The van der Waals surface area contributed by atoms with Crippen LogP contribution in [0, 0.1) is 11.3 Å². The Morgan fingerprint density at radius 3 is 2.70 bits per heavy atom. The number of hydrogen-bond acceptors (Lipinski definition) is 11. The van der Waals surface area contributed by atoms with Gasteiger partial charge in [0.15, 0.2) is 0 Å². The molecule has 15 nitrogen and oxygen atoms in total. The minimum absolute atomic E-state index is 0.0163. The Morgan fingerprint density at radius 1 is 1.22 bits per heavy atom. The van der Waals surface area contributed by atoms with E-state index in [4.69, 9.17) is 4.42 Å². The van der Waals surface area contributed by atoms with Crippen LogP contribution in [-0.2, 0) is 20.8 Å². The van der Waals surface area contributed by atoms with Crippen molar-refractivity contribution < 1.29 is 37.8 Å². The summed E-state index contributed by atoms with van der Waals surface area (Å²) in [5.41, 5.74) is -1.82. The van der Waals surface area contributed by atoms with Crippen molar-refractivity contribution >= 4 is 29.9 Å². The fraction of sp³-hybridized carbons (Fsp3) is 0.517. The van der Waals surface area contributed by atoms with Crippen molar-refractivity contribution in [3.8, 4) is 17.1 Å². The Labute approximate surface area is 261 Å². The molecule has 2 aromatic heterocycles. The Bertz CT molecular complexity index is 1700. The van der Waals surface area contributed by atoms with Crippen LogP contribution in [0.3, 0.4) is 0 Å². The molecule has 1 aromatic carbocycles. The zero-order valence-electron chi connectivity index (χ0n) is 25.2. The molecule has 2 amide bonds. The molecular weight excluding hydrogens is 608 g/mol. The third kappa shape index (κ3) is 5.76. The predicted molar refractivity (Wildman–Crippen MR) is 155 cm³/mol. The fourth-order valence-corrected chi connectivity index (χ4v) is 5.90. The third-order valence-corrected chi connectivity index (χ3v) is 8.62. The molecule has 1 saturated heterocycles. The van der Waals surface area contributed by atoms with Crippen molar-refractivity contribution in [3.63, 3.8) is 0 Å². The standard InChI is InChI=1S/C29H33F2N9O6/c1-28(2,3)21-25(43)39-13-16(11-18(39)24(42)33-29(26(44)45)12-17(29)22(30)31)40-37-23(35-38-40)15-8-9-19(41)14(10-15)6-4-5-7-20-34-36-27(32-21)46-20/h4,6,8-10,16-18,21-22,41H,5,7,11-13H2,1-3H3,(H,32,36)(H,33,42)(H,44,45)/b6-4+/t16-,17+,18+,21-,29-/m1/s1. The van der Waals surface area contributed by atoms with Gasteiger partial charge in [0.1, 0.15) is 23.4 Å². The van der Waals surface area contributed by atoms with Gasteiger partial charge in [-0.05, 0) is 41.7 Å². The second-order valence-electron chi connectivity index (χ2n) is 12.9. The lowest BCUT2D eigenvalue weighted by Gasteiger charge is -2.35. The highest BCUT2D eigenvalue weighted by Gasteiger charge is 2.66. The highest BCUT2D eigenvalue weighted by molar-refractivity contribution is 5.96. The largest absolute Gasteiger partial charge is 0.507 e. The predicted octanol–water partition coefficient (Wildman–Crippen LogP) is 2.28. The summed E-state index contributed by atoms with van der Waals surface area (Å²) in [6.07, 6.45) is 1.02. The first-order chi connectivity index (χ1) is 21.8. The highest BCUT2D eigenvalue weighted by Crippen LogP contribution is 2.48. The van der Waals surface area contributed by atoms with E-state index in [1.807, 2.05) is 6.08 Å².